The van der Waals surface area contributed by atoms with Gasteiger partial charge < -0.3 is 14.2 Å². The topological polar surface area (TPSA) is 78.9 Å². The molecule has 58 heavy (non-hydrogen) atoms. The largest absolute Gasteiger partial charge is 0.462 e. The highest BCUT2D eigenvalue weighted by Crippen LogP contribution is 2.17. The van der Waals surface area contributed by atoms with Gasteiger partial charge in [-0.15, -0.1) is 0 Å². The maximum absolute atomic E-state index is 12.7. The zero-order valence-electron chi connectivity index (χ0n) is 39.7. The van der Waals surface area contributed by atoms with Crippen LogP contribution in [0.2, 0.25) is 0 Å². The number of carbonyl (C=O) groups excluding carboxylic acids is 3. The first-order chi connectivity index (χ1) is 28.2. The number of hydrogen-bond acceptors (Lipinski definition) is 6. The fourth-order valence-electron chi connectivity index (χ4n) is 7.81. The van der Waals surface area contributed by atoms with Gasteiger partial charge in [-0.1, -0.05) is 247 Å². The SMILES string of the molecule is CCCCCCCC(=O)OC[C@H](COC(=O)CCCCCCCCCCCCCCCC(C)C)OC(=O)CCCCCCCCCCCCCCCCCCC(C)C. The number of ether oxygens (including phenoxy) is 3. The summed E-state index contributed by atoms with van der Waals surface area (Å²) in [5.41, 5.74) is 0. The van der Waals surface area contributed by atoms with Gasteiger partial charge in [0.1, 0.15) is 13.2 Å². The molecule has 344 valence electrons. The van der Waals surface area contributed by atoms with E-state index in [4.69, 9.17) is 14.2 Å². The van der Waals surface area contributed by atoms with E-state index in [1.807, 2.05) is 0 Å². The molecule has 0 aliphatic rings. The van der Waals surface area contributed by atoms with E-state index >= 15 is 0 Å². The summed E-state index contributed by atoms with van der Waals surface area (Å²) in [5.74, 6) is 0.830. The summed E-state index contributed by atoms with van der Waals surface area (Å²) in [5, 5.41) is 0. The third kappa shape index (κ3) is 45.5. The molecule has 0 spiro atoms. The van der Waals surface area contributed by atoms with E-state index in [0.29, 0.717) is 19.3 Å². The molecule has 0 N–H and O–H groups in total. The molecule has 0 unspecified atom stereocenters. The lowest BCUT2D eigenvalue weighted by Crippen LogP contribution is -2.30. The molecule has 0 aromatic carbocycles. The zero-order chi connectivity index (χ0) is 42.6. The number of esters is 3. The van der Waals surface area contributed by atoms with Gasteiger partial charge >= 0.3 is 17.9 Å². The van der Waals surface area contributed by atoms with Crippen LogP contribution in [0.3, 0.4) is 0 Å². The highest BCUT2D eigenvalue weighted by Gasteiger charge is 2.19. The van der Waals surface area contributed by atoms with Crippen molar-refractivity contribution in [3.63, 3.8) is 0 Å². The first-order valence-electron chi connectivity index (χ1n) is 25.7. The number of unbranched alkanes of at least 4 members (excludes halogenated alkanes) is 31. The predicted octanol–water partition coefficient (Wildman–Crippen LogP) is 16.5. The van der Waals surface area contributed by atoms with Gasteiger partial charge in [0.2, 0.25) is 0 Å². The summed E-state index contributed by atoms with van der Waals surface area (Å²) in [4.78, 5) is 37.6. The number of hydrogen-bond donors (Lipinski definition) is 0. The maximum Gasteiger partial charge on any atom is 0.306 e. The lowest BCUT2D eigenvalue weighted by molar-refractivity contribution is -0.167. The van der Waals surface area contributed by atoms with E-state index in [1.165, 1.54) is 167 Å². The van der Waals surface area contributed by atoms with Crippen LogP contribution in [0.5, 0.6) is 0 Å². The van der Waals surface area contributed by atoms with Crippen molar-refractivity contribution in [3.05, 3.63) is 0 Å². The van der Waals surface area contributed by atoms with Crippen molar-refractivity contribution in [1.29, 1.82) is 0 Å². The first kappa shape index (κ1) is 56.4. The Balaban J connectivity index is 4.10. The molecule has 0 saturated heterocycles. The Bertz CT molecular complexity index is 885. The van der Waals surface area contributed by atoms with Gasteiger partial charge in [0.05, 0.1) is 0 Å². The average molecular weight is 821 g/mol. The van der Waals surface area contributed by atoms with E-state index in [0.717, 1.165) is 76.0 Å². The second-order valence-electron chi connectivity index (χ2n) is 18.8. The van der Waals surface area contributed by atoms with E-state index in [1.54, 1.807) is 0 Å². The molecule has 0 bridgehead atoms. The van der Waals surface area contributed by atoms with Crippen LogP contribution in [0.1, 0.15) is 285 Å². The monoisotopic (exact) mass is 821 g/mol. The van der Waals surface area contributed by atoms with Crippen molar-refractivity contribution in [2.75, 3.05) is 13.2 Å². The second-order valence-corrected chi connectivity index (χ2v) is 18.8. The molecule has 0 saturated carbocycles. The molecule has 0 fully saturated rings. The minimum Gasteiger partial charge on any atom is -0.462 e. The molecule has 0 aliphatic carbocycles. The quantitative estimate of drug-likeness (QED) is 0.0346. The summed E-state index contributed by atoms with van der Waals surface area (Å²) in [7, 11) is 0. The second kappa shape index (κ2) is 44.9. The zero-order valence-corrected chi connectivity index (χ0v) is 39.7. The predicted molar refractivity (Wildman–Crippen MR) is 247 cm³/mol. The van der Waals surface area contributed by atoms with Crippen LogP contribution < -0.4 is 0 Å². The van der Waals surface area contributed by atoms with Gasteiger partial charge in [-0.05, 0) is 31.1 Å². The molecule has 0 aliphatic heterocycles. The molecule has 0 rings (SSSR count). The molecule has 6 nitrogen and oxygen atoms in total. The van der Waals surface area contributed by atoms with Crippen molar-refractivity contribution >= 4 is 17.9 Å². The Morgan fingerprint density at radius 1 is 0.328 bits per heavy atom. The fraction of sp³-hybridized carbons (Fsp3) is 0.942. The number of carbonyl (C=O) groups is 3. The minimum absolute atomic E-state index is 0.0646. The van der Waals surface area contributed by atoms with Crippen molar-refractivity contribution in [1.82, 2.24) is 0 Å². The highest BCUT2D eigenvalue weighted by molar-refractivity contribution is 5.71. The fourth-order valence-corrected chi connectivity index (χ4v) is 7.81. The van der Waals surface area contributed by atoms with Gasteiger partial charge in [-0.2, -0.15) is 0 Å². The summed E-state index contributed by atoms with van der Waals surface area (Å²) >= 11 is 0. The van der Waals surface area contributed by atoms with Crippen LogP contribution in [0, 0.1) is 11.8 Å². The third-order valence-corrected chi connectivity index (χ3v) is 11.7. The maximum atomic E-state index is 12.7. The Labute approximate surface area is 361 Å². The average Bonchev–Trinajstić information content (AvgIpc) is 3.19. The van der Waals surface area contributed by atoms with Crippen LogP contribution in [0.25, 0.3) is 0 Å². The summed E-state index contributed by atoms with van der Waals surface area (Å²) in [6.45, 7) is 11.3. The van der Waals surface area contributed by atoms with Crippen molar-refractivity contribution in [2.24, 2.45) is 11.8 Å². The third-order valence-electron chi connectivity index (χ3n) is 11.7. The van der Waals surface area contributed by atoms with E-state index in [-0.39, 0.29) is 31.1 Å². The minimum atomic E-state index is -0.759. The van der Waals surface area contributed by atoms with Crippen LogP contribution in [0.15, 0.2) is 0 Å². The van der Waals surface area contributed by atoms with E-state index in [9.17, 15) is 14.4 Å². The summed E-state index contributed by atoms with van der Waals surface area (Å²) in [6.07, 6.45) is 45.5. The standard InChI is InChI=1S/C52H100O6/c1-6-7-8-30-37-42-50(53)56-45-49(46-57-51(54)43-38-33-28-24-20-17-13-15-19-23-27-32-36-41-48(4)5)58-52(55)44-39-34-29-25-21-16-12-10-9-11-14-18-22-26-31-35-40-47(2)3/h47-49H,6-46H2,1-5H3/t49-/m1/s1. The molecule has 6 heteroatoms. The molecule has 0 radical (unpaired) electrons. The Morgan fingerprint density at radius 2 is 0.569 bits per heavy atom. The lowest BCUT2D eigenvalue weighted by Gasteiger charge is -2.18. The van der Waals surface area contributed by atoms with E-state index in [2.05, 4.69) is 34.6 Å². The van der Waals surface area contributed by atoms with Crippen LogP contribution in [-0.2, 0) is 28.6 Å². The molecular weight excluding hydrogens is 721 g/mol. The summed E-state index contributed by atoms with van der Waals surface area (Å²) < 4.78 is 16.7. The molecule has 0 aromatic heterocycles. The lowest BCUT2D eigenvalue weighted by atomic mass is 10.0. The van der Waals surface area contributed by atoms with Gasteiger partial charge in [0.15, 0.2) is 6.10 Å². The first-order valence-corrected chi connectivity index (χ1v) is 25.7. The smallest absolute Gasteiger partial charge is 0.306 e. The van der Waals surface area contributed by atoms with Gasteiger partial charge in [-0.3, -0.25) is 14.4 Å². The molecule has 0 aromatic rings. The normalized spacial score (nSPS) is 12.1. The van der Waals surface area contributed by atoms with Crippen molar-refractivity contribution in [2.45, 2.75) is 291 Å². The van der Waals surface area contributed by atoms with Crippen LogP contribution in [-0.4, -0.2) is 37.2 Å². The van der Waals surface area contributed by atoms with Crippen molar-refractivity contribution in [3.8, 4) is 0 Å². The van der Waals surface area contributed by atoms with E-state index < -0.39 is 6.10 Å². The Kier molecular flexibility index (Phi) is 43.7. The number of rotatable bonds is 46. The molecular formula is C52H100O6. The van der Waals surface area contributed by atoms with Crippen molar-refractivity contribution < 1.29 is 28.6 Å². The van der Waals surface area contributed by atoms with Crippen LogP contribution >= 0.6 is 0 Å². The Morgan fingerprint density at radius 3 is 0.845 bits per heavy atom. The van der Waals surface area contributed by atoms with Gasteiger partial charge in [-0.25, -0.2) is 0 Å². The van der Waals surface area contributed by atoms with Crippen LogP contribution in [0.4, 0.5) is 0 Å². The van der Waals surface area contributed by atoms with Gasteiger partial charge in [0.25, 0.3) is 0 Å². The molecule has 1 atom stereocenters. The summed E-state index contributed by atoms with van der Waals surface area (Å²) in [6, 6.07) is 0. The molecule has 0 heterocycles. The highest BCUT2D eigenvalue weighted by atomic mass is 16.6. The molecule has 0 amide bonds. The van der Waals surface area contributed by atoms with Gasteiger partial charge in [0, 0.05) is 19.3 Å². The Hall–Kier alpha value is -1.59.